The van der Waals surface area contributed by atoms with Crippen LogP contribution in [-0.4, -0.2) is 18.0 Å². The Bertz CT molecular complexity index is 2160. The third-order valence-electron chi connectivity index (χ3n) is 9.53. The summed E-state index contributed by atoms with van der Waals surface area (Å²) in [5.41, 5.74) is 9.59. The summed E-state index contributed by atoms with van der Waals surface area (Å²) in [7, 11) is -1.27. The summed E-state index contributed by atoms with van der Waals surface area (Å²) in [4.78, 5) is 9.34. The normalized spacial score (nSPS) is 13.2. The van der Waals surface area contributed by atoms with Gasteiger partial charge in [-0.25, -0.2) is 0 Å². The molecule has 0 amide bonds. The van der Waals surface area contributed by atoms with Crippen LogP contribution in [0.2, 0.25) is 19.6 Å². The van der Waals surface area contributed by atoms with Gasteiger partial charge in [-0.15, -0.1) is 59.7 Å². The van der Waals surface area contributed by atoms with Crippen molar-refractivity contribution in [2.24, 2.45) is 5.92 Å². The number of thiophene rings is 1. The maximum Gasteiger partial charge on any atom is 0.0798 e. The fourth-order valence-corrected chi connectivity index (χ4v) is 10.1. The Hall–Kier alpha value is -3.73. The Morgan fingerprint density at radius 3 is 2.33 bits per heavy atom. The van der Waals surface area contributed by atoms with Crippen molar-refractivity contribution in [3.05, 3.63) is 139 Å². The molecule has 249 valence electrons. The van der Waals surface area contributed by atoms with E-state index in [1.54, 1.807) is 0 Å². The molecule has 0 unspecified atom stereocenters. The van der Waals surface area contributed by atoms with E-state index in [0.29, 0.717) is 0 Å². The average Bonchev–Trinajstić information content (AvgIpc) is 3.77. The molecule has 1 aliphatic rings. The first-order valence-corrected chi connectivity index (χ1v) is 21.5. The minimum Gasteiger partial charge on any atom is -0.305 e. The first-order chi connectivity index (χ1) is 23.3. The Morgan fingerprint density at radius 1 is 0.796 bits per heavy atom. The SMILES string of the molecule is Cc1cc(-c2[c-]cccc2)ncc1[Si](C)(C)C.[Ir].[c-]1ccc2c(sc3cccc(-c4ccccc4)c32)c1-c1cc(CC2CCCC2)ccn1. The monoisotopic (exact) mass is 851 g/mol. The molecule has 0 spiro atoms. The summed E-state index contributed by atoms with van der Waals surface area (Å²) < 4.78 is 2.60. The fraction of sp³-hybridized carbons (Fsp3) is 0.227. The molecule has 7 aromatic rings. The molecule has 1 aliphatic carbocycles. The number of nitrogens with zero attached hydrogens (tertiary/aromatic N) is 2. The van der Waals surface area contributed by atoms with Gasteiger partial charge in [-0.3, -0.25) is 0 Å². The maximum atomic E-state index is 4.76. The van der Waals surface area contributed by atoms with Crippen LogP contribution in [0.15, 0.2) is 116 Å². The molecule has 0 bridgehead atoms. The van der Waals surface area contributed by atoms with Gasteiger partial charge in [-0.2, -0.15) is 11.3 Å². The Labute approximate surface area is 310 Å². The van der Waals surface area contributed by atoms with Gasteiger partial charge in [-0.1, -0.05) is 116 Å². The number of aromatic nitrogens is 2. The molecule has 1 fully saturated rings. The van der Waals surface area contributed by atoms with E-state index < -0.39 is 8.07 Å². The maximum absolute atomic E-state index is 4.76. The van der Waals surface area contributed by atoms with Crippen LogP contribution in [0.1, 0.15) is 36.8 Å². The van der Waals surface area contributed by atoms with Gasteiger partial charge in [-0.05, 0) is 69.2 Å². The van der Waals surface area contributed by atoms with Crippen LogP contribution < -0.4 is 5.19 Å². The molecule has 4 aromatic carbocycles. The van der Waals surface area contributed by atoms with Gasteiger partial charge in [0.15, 0.2) is 0 Å². The number of fused-ring (bicyclic) bond motifs is 3. The van der Waals surface area contributed by atoms with Crippen molar-refractivity contribution in [1.29, 1.82) is 0 Å². The molecule has 0 atom stereocenters. The van der Waals surface area contributed by atoms with E-state index in [2.05, 4.69) is 135 Å². The van der Waals surface area contributed by atoms with Gasteiger partial charge in [0.05, 0.1) is 8.07 Å². The number of hydrogen-bond donors (Lipinski definition) is 0. The van der Waals surface area contributed by atoms with Crippen molar-refractivity contribution in [3.63, 3.8) is 0 Å². The summed E-state index contributed by atoms with van der Waals surface area (Å²) in [6, 6.07) is 43.0. The summed E-state index contributed by atoms with van der Waals surface area (Å²) in [5.74, 6) is 0.841. The van der Waals surface area contributed by atoms with E-state index in [1.807, 2.05) is 35.7 Å². The number of rotatable bonds is 6. The van der Waals surface area contributed by atoms with Crippen LogP contribution in [0.5, 0.6) is 0 Å². The van der Waals surface area contributed by atoms with Crippen LogP contribution in [0.4, 0.5) is 0 Å². The number of hydrogen-bond acceptors (Lipinski definition) is 3. The fourth-order valence-electron chi connectivity index (χ4n) is 7.17. The molecular formula is C44H42IrN2SSi-2. The Morgan fingerprint density at radius 2 is 1.59 bits per heavy atom. The van der Waals surface area contributed by atoms with Crippen molar-refractivity contribution in [3.8, 4) is 33.6 Å². The smallest absolute Gasteiger partial charge is 0.0798 e. The van der Waals surface area contributed by atoms with Crippen LogP contribution in [-0.2, 0) is 26.5 Å². The van der Waals surface area contributed by atoms with Gasteiger partial charge in [0.2, 0.25) is 0 Å². The van der Waals surface area contributed by atoms with Gasteiger partial charge in [0, 0.05) is 37.2 Å². The second kappa shape index (κ2) is 15.4. The third-order valence-corrected chi connectivity index (χ3v) is 12.9. The zero-order valence-electron chi connectivity index (χ0n) is 28.7. The van der Waals surface area contributed by atoms with E-state index in [9.17, 15) is 0 Å². The van der Waals surface area contributed by atoms with Crippen molar-refractivity contribution < 1.29 is 20.1 Å². The predicted molar refractivity (Wildman–Crippen MR) is 209 cm³/mol. The molecule has 0 saturated heterocycles. The van der Waals surface area contributed by atoms with E-state index in [1.165, 1.54) is 79.7 Å². The standard InChI is InChI=1S/C29H24NS.C15H18NSi.Ir/c1-2-10-22(11-3-1)23-12-7-15-27-28(23)25-14-6-13-24(29(25)31-27)26-19-21(16-17-30-26)18-20-8-4-5-9-20;1-12-10-14(13-8-6-5-7-9-13)16-11-15(12)17(2,3)4;/h1-3,6-7,10-12,14-17,19-20H,4-5,8-9,18H2;5-8,10-11H,1-4H3;/q2*-1;. The summed E-state index contributed by atoms with van der Waals surface area (Å²) >= 11 is 1.86. The Balaban J connectivity index is 0.000000198. The van der Waals surface area contributed by atoms with Crippen LogP contribution in [0, 0.1) is 25.0 Å². The van der Waals surface area contributed by atoms with Crippen LogP contribution in [0.3, 0.4) is 0 Å². The van der Waals surface area contributed by atoms with Crippen molar-refractivity contribution in [2.75, 3.05) is 0 Å². The predicted octanol–water partition coefficient (Wildman–Crippen LogP) is 11.7. The minimum absolute atomic E-state index is 0. The van der Waals surface area contributed by atoms with E-state index >= 15 is 0 Å². The quantitative estimate of drug-likeness (QED) is 0.123. The van der Waals surface area contributed by atoms with Crippen LogP contribution >= 0.6 is 11.3 Å². The van der Waals surface area contributed by atoms with Gasteiger partial charge < -0.3 is 9.97 Å². The molecule has 3 heterocycles. The number of aryl methyl sites for hydroxylation is 1. The van der Waals surface area contributed by atoms with Gasteiger partial charge in [0.25, 0.3) is 0 Å². The molecular weight excluding hydrogens is 809 g/mol. The molecule has 3 aromatic heterocycles. The third kappa shape index (κ3) is 7.87. The number of pyridine rings is 2. The topological polar surface area (TPSA) is 25.8 Å². The molecule has 0 aliphatic heterocycles. The molecule has 1 saturated carbocycles. The zero-order valence-corrected chi connectivity index (χ0v) is 32.9. The second-order valence-electron chi connectivity index (χ2n) is 14.1. The zero-order chi connectivity index (χ0) is 33.1. The average molecular weight is 851 g/mol. The summed E-state index contributed by atoms with van der Waals surface area (Å²) in [6.45, 7) is 9.24. The van der Waals surface area contributed by atoms with Crippen molar-refractivity contribution >= 4 is 44.8 Å². The van der Waals surface area contributed by atoms with E-state index in [4.69, 9.17) is 4.98 Å². The first kappa shape index (κ1) is 35.1. The van der Waals surface area contributed by atoms with E-state index in [-0.39, 0.29) is 20.1 Å². The number of benzene rings is 4. The van der Waals surface area contributed by atoms with E-state index in [0.717, 1.165) is 28.4 Å². The van der Waals surface area contributed by atoms with Crippen molar-refractivity contribution in [2.45, 2.75) is 58.7 Å². The molecule has 2 nitrogen and oxygen atoms in total. The first-order valence-electron chi connectivity index (χ1n) is 17.2. The molecule has 49 heavy (non-hydrogen) atoms. The summed E-state index contributed by atoms with van der Waals surface area (Å²) in [5, 5.41) is 4.08. The molecule has 1 radical (unpaired) electrons. The largest absolute Gasteiger partial charge is 0.305 e. The van der Waals surface area contributed by atoms with Gasteiger partial charge >= 0.3 is 0 Å². The minimum atomic E-state index is -1.27. The molecule has 8 rings (SSSR count). The van der Waals surface area contributed by atoms with Crippen molar-refractivity contribution in [1.82, 2.24) is 9.97 Å². The Kier molecular flexibility index (Phi) is 11.1. The second-order valence-corrected chi connectivity index (χ2v) is 20.1. The molecule has 0 N–H and O–H groups in total. The van der Waals surface area contributed by atoms with Crippen LogP contribution in [0.25, 0.3) is 53.8 Å². The summed E-state index contributed by atoms with van der Waals surface area (Å²) in [6.07, 6.45) is 10.7. The van der Waals surface area contributed by atoms with Gasteiger partial charge in [0.1, 0.15) is 0 Å². The molecule has 5 heteroatoms.